The highest BCUT2D eigenvalue weighted by atomic mass is 16.5. The molecule has 0 spiro atoms. The Hall–Kier alpha value is -1.90. The molecule has 1 heterocycles. The predicted molar refractivity (Wildman–Crippen MR) is 52.1 cm³/mol. The molecule has 3 nitrogen and oxygen atoms in total. The van der Waals surface area contributed by atoms with Crippen molar-refractivity contribution in [1.29, 1.82) is 0 Å². The lowest BCUT2D eigenvalue weighted by molar-refractivity contribution is 0.112. The summed E-state index contributed by atoms with van der Waals surface area (Å²) in [4.78, 5) is 10.7. The van der Waals surface area contributed by atoms with Crippen LogP contribution in [0.2, 0.25) is 0 Å². The van der Waals surface area contributed by atoms with E-state index in [0.29, 0.717) is 11.3 Å². The van der Waals surface area contributed by atoms with Gasteiger partial charge in [0.25, 0.3) is 0 Å². The molecular weight excluding hydrogens is 178 g/mol. The Balaban J connectivity index is 2.55. The van der Waals surface area contributed by atoms with Crippen molar-refractivity contribution < 1.29 is 9.32 Å². The fourth-order valence-corrected chi connectivity index (χ4v) is 1.33. The van der Waals surface area contributed by atoms with Crippen LogP contribution in [0.25, 0.3) is 11.3 Å². The molecule has 0 radical (unpaired) electrons. The second-order valence-corrected chi connectivity index (χ2v) is 3.03. The first-order valence-electron chi connectivity index (χ1n) is 4.29. The van der Waals surface area contributed by atoms with Crippen LogP contribution in [0, 0.1) is 6.92 Å². The Morgan fingerprint density at radius 2 is 2.14 bits per heavy atom. The van der Waals surface area contributed by atoms with Crippen LogP contribution in [0.3, 0.4) is 0 Å². The fraction of sp³-hybridized carbons (Fsp3) is 0.0909. The highest BCUT2D eigenvalue weighted by Gasteiger charge is 2.07. The molecule has 0 aliphatic carbocycles. The van der Waals surface area contributed by atoms with Crippen LogP contribution in [-0.4, -0.2) is 11.4 Å². The quantitative estimate of drug-likeness (QED) is 0.678. The van der Waals surface area contributed by atoms with Crippen LogP contribution in [-0.2, 0) is 0 Å². The number of aryl methyl sites for hydroxylation is 1. The van der Waals surface area contributed by atoms with Gasteiger partial charge in [0.2, 0.25) is 0 Å². The highest BCUT2D eigenvalue weighted by molar-refractivity contribution is 5.86. The van der Waals surface area contributed by atoms with E-state index in [-0.39, 0.29) is 0 Å². The predicted octanol–water partition coefficient (Wildman–Crippen LogP) is 2.46. The molecule has 14 heavy (non-hydrogen) atoms. The van der Waals surface area contributed by atoms with E-state index >= 15 is 0 Å². The Kier molecular flexibility index (Phi) is 2.14. The molecule has 1 aromatic carbocycles. The number of rotatable bonds is 2. The summed E-state index contributed by atoms with van der Waals surface area (Å²) >= 11 is 0. The molecule has 0 unspecified atom stereocenters. The van der Waals surface area contributed by atoms with Crippen LogP contribution in [0.5, 0.6) is 0 Å². The van der Waals surface area contributed by atoms with Gasteiger partial charge in [-0.1, -0.05) is 29.4 Å². The summed E-state index contributed by atoms with van der Waals surface area (Å²) in [6, 6.07) is 9.10. The summed E-state index contributed by atoms with van der Waals surface area (Å²) in [5, 5.41) is 3.86. The molecule has 2 rings (SSSR count). The number of benzene rings is 1. The lowest BCUT2D eigenvalue weighted by Crippen LogP contribution is -1.86. The van der Waals surface area contributed by atoms with Crippen molar-refractivity contribution in [2.45, 2.75) is 6.92 Å². The smallest absolute Gasteiger partial charge is 0.150 e. The van der Waals surface area contributed by atoms with Crippen LogP contribution in [0.15, 0.2) is 34.9 Å². The van der Waals surface area contributed by atoms with Gasteiger partial charge < -0.3 is 4.52 Å². The van der Waals surface area contributed by atoms with E-state index in [4.69, 9.17) is 4.52 Å². The molecule has 0 saturated carbocycles. The molecule has 0 saturated heterocycles. The van der Waals surface area contributed by atoms with Crippen LogP contribution in [0.1, 0.15) is 16.1 Å². The van der Waals surface area contributed by atoms with Gasteiger partial charge in [-0.05, 0) is 6.92 Å². The first-order chi connectivity index (χ1) is 6.81. The summed E-state index contributed by atoms with van der Waals surface area (Å²) < 4.78 is 4.95. The van der Waals surface area contributed by atoms with E-state index in [2.05, 4.69) is 5.16 Å². The highest BCUT2D eigenvalue weighted by Crippen LogP contribution is 2.21. The number of hydrogen-bond donors (Lipinski definition) is 0. The third-order valence-corrected chi connectivity index (χ3v) is 1.99. The van der Waals surface area contributed by atoms with Crippen molar-refractivity contribution in [1.82, 2.24) is 5.16 Å². The number of carbonyl (C=O) groups excluding carboxylic acids is 1. The Bertz CT molecular complexity index is 460. The van der Waals surface area contributed by atoms with Crippen molar-refractivity contribution in [3.05, 3.63) is 41.7 Å². The summed E-state index contributed by atoms with van der Waals surface area (Å²) in [6.45, 7) is 1.82. The number of hydrogen-bond acceptors (Lipinski definition) is 3. The molecule has 0 aliphatic rings. The van der Waals surface area contributed by atoms with E-state index in [0.717, 1.165) is 17.6 Å². The maximum absolute atomic E-state index is 10.7. The minimum Gasteiger partial charge on any atom is -0.361 e. The maximum atomic E-state index is 10.7. The summed E-state index contributed by atoms with van der Waals surface area (Å²) in [5.74, 6) is 0.737. The lowest BCUT2D eigenvalue weighted by atomic mass is 10.1. The number of nitrogens with zero attached hydrogens (tertiary/aromatic N) is 1. The Morgan fingerprint density at radius 3 is 2.79 bits per heavy atom. The van der Waals surface area contributed by atoms with Gasteiger partial charge in [0.1, 0.15) is 11.5 Å². The average molecular weight is 187 g/mol. The molecule has 2 aromatic rings. The van der Waals surface area contributed by atoms with Crippen molar-refractivity contribution >= 4 is 6.29 Å². The van der Waals surface area contributed by atoms with Crippen molar-refractivity contribution in [2.24, 2.45) is 0 Å². The zero-order valence-electron chi connectivity index (χ0n) is 7.73. The third-order valence-electron chi connectivity index (χ3n) is 1.99. The van der Waals surface area contributed by atoms with Gasteiger partial charge >= 0.3 is 0 Å². The standard InChI is InChI=1S/C11H9NO2/c1-8-6-11(12-14-8)10-5-3-2-4-9(10)7-13/h2-7H,1H3. The molecule has 0 amide bonds. The van der Waals surface area contributed by atoms with E-state index in [1.165, 1.54) is 0 Å². The van der Waals surface area contributed by atoms with Crippen molar-refractivity contribution in [3.63, 3.8) is 0 Å². The molecule has 70 valence electrons. The van der Waals surface area contributed by atoms with Gasteiger partial charge in [-0.15, -0.1) is 0 Å². The van der Waals surface area contributed by atoms with Gasteiger partial charge in [-0.25, -0.2) is 0 Å². The van der Waals surface area contributed by atoms with Gasteiger partial charge in [-0.3, -0.25) is 4.79 Å². The zero-order valence-corrected chi connectivity index (χ0v) is 7.73. The van der Waals surface area contributed by atoms with E-state index < -0.39 is 0 Å². The Morgan fingerprint density at radius 1 is 1.36 bits per heavy atom. The average Bonchev–Trinajstić information content (AvgIpc) is 2.65. The normalized spacial score (nSPS) is 10.1. The van der Waals surface area contributed by atoms with E-state index in [1.807, 2.05) is 31.2 Å². The van der Waals surface area contributed by atoms with E-state index in [9.17, 15) is 4.79 Å². The monoisotopic (exact) mass is 187 g/mol. The number of carbonyl (C=O) groups is 1. The molecule has 0 fully saturated rings. The Labute approximate surface area is 81.3 Å². The minimum atomic E-state index is 0.626. The van der Waals surface area contributed by atoms with Crippen LogP contribution in [0.4, 0.5) is 0 Å². The summed E-state index contributed by atoms with van der Waals surface area (Å²) in [5.41, 5.74) is 2.13. The lowest BCUT2D eigenvalue weighted by Gasteiger charge is -1.97. The van der Waals surface area contributed by atoms with Crippen LogP contribution >= 0.6 is 0 Å². The maximum Gasteiger partial charge on any atom is 0.150 e. The van der Waals surface area contributed by atoms with Crippen molar-refractivity contribution in [2.75, 3.05) is 0 Å². The second kappa shape index (κ2) is 3.46. The topological polar surface area (TPSA) is 43.1 Å². The molecular formula is C11H9NO2. The molecule has 0 bridgehead atoms. The molecule has 3 heteroatoms. The van der Waals surface area contributed by atoms with Gasteiger partial charge in [-0.2, -0.15) is 0 Å². The van der Waals surface area contributed by atoms with Crippen LogP contribution < -0.4 is 0 Å². The van der Waals surface area contributed by atoms with Gasteiger partial charge in [0.05, 0.1) is 0 Å². The third kappa shape index (κ3) is 1.44. The fourth-order valence-electron chi connectivity index (χ4n) is 1.33. The molecule has 1 aromatic heterocycles. The number of aromatic nitrogens is 1. The molecule has 0 atom stereocenters. The molecule has 0 aliphatic heterocycles. The van der Waals surface area contributed by atoms with Crippen molar-refractivity contribution in [3.8, 4) is 11.3 Å². The summed E-state index contributed by atoms with van der Waals surface area (Å²) in [7, 11) is 0. The minimum absolute atomic E-state index is 0.626. The van der Waals surface area contributed by atoms with E-state index in [1.54, 1.807) is 6.07 Å². The SMILES string of the molecule is Cc1cc(-c2ccccc2C=O)no1. The van der Waals surface area contributed by atoms with Gasteiger partial charge in [0.15, 0.2) is 6.29 Å². The first-order valence-corrected chi connectivity index (χ1v) is 4.29. The first kappa shape index (κ1) is 8.69. The molecule has 0 N–H and O–H groups in total. The zero-order chi connectivity index (χ0) is 9.97. The largest absolute Gasteiger partial charge is 0.361 e. The number of aldehydes is 1. The van der Waals surface area contributed by atoms with Gasteiger partial charge in [0, 0.05) is 17.2 Å². The second-order valence-electron chi connectivity index (χ2n) is 3.03. The summed E-state index contributed by atoms with van der Waals surface area (Å²) in [6.07, 6.45) is 0.819.